The van der Waals surface area contributed by atoms with E-state index in [2.05, 4.69) is 27.8 Å². The number of aliphatic hydroxyl groups excluding tert-OH is 1. The molecule has 0 unspecified atom stereocenters. The molecule has 2 rings (SSSR count). The van der Waals surface area contributed by atoms with Gasteiger partial charge in [-0.25, -0.2) is 4.79 Å². The number of carbonyl (C=O) groups is 1. The van der Waals surface area contributed by atoms with Crippen molar-refractivity contribution in [3.63, 3.8) is 0 Å². The van der Waals surface area contributed by atoms with Gasteiger partial charge in [0.1, 0.15) is 6.61 Å². The van der Waals surface area contributed by atoms with Gasteiger partial charge in [0.05, 0.1) is 17.9 Å². The summed E-state index contributed by atoms with van der Waals surface area (Å²) in [5.74, 6) is -0.437. The van der Waals surface area contributed by atoms with E-state index in [9.17, 15) is 4.79 Å². The van der Waals surface area contributed by atoms with Crippen LogP contribution in [0.25, 0.3) is 0 Å². The molecule has 1 aromatic rings. The number of anilines is 1. The monoisotopic (exact) mass is 412 g/mol. The Balaban J connectivity index is 2.18. The van der Waals surface area contributed by atoms with Crippen LogP contribution in [0.3, 0.4) is 0 Å². The zero-order valence-corrected chi connectivity index (χ0v) is 16.6. The molecule has 0 spiro atoms. The Kier molecular flexibility index (Phi) is 8.19. The second-order valence-corrected chi connectivity index (χ2v) is 7.45. The fraction of sp³-hybridized carbons (Fsp3) is 0.632. The number of nitrogens with two attached hydrogens (primary N) is 1. The van der Waals surface area contributed by atoms with Gasteiger partial charge in [-0.3, -0.25) is 4.90 Å². The van der Waals surface area contributed by atoms with Gasteiger partial charge in [-0.1, -0.05) is 32.6 Å². The van der Waals surface area contributed by atoms with Crippen LogP contribution in [-0.4, -0.2) is 41.8 Å². The average Bonchev–Trinajstić information content (AvgIpc) is 2.90. The van der Waals surface area contributed by atoms with Crippen molar-refractivity contribution in [3.05, 3.63) is 27.7 Å². The van der Waals surface area contributed by atoms with Gasteiger partial charge >= 0.3 is 5.97 Å². The third-order valence-electron chi connectivity index (χ3n) is 4.90. The molecule has 0 saturated heterocycles. The summed E-state index contributed by atoms with van der Waals surface area (Å²) in [6.07, 6.45) is 7.68. The number of esters is 1. The second-order valence-electron chi connectivity index (χ2n) is 6.60. The highest BCUT2D eigenvalue weighted by atomic mass is 79.9. The Morgan fingerprint density at radius 1 is 1.32 bits per heavy atom. The van der Waals surface area contributed by atoms with Gasteiger partial charge in [-0.05, 0) is 53.0 Å². The van der Waals surface area contributed by atoms with E-state index in [4.69, 9.17) is 15.6 Å². The topological polar surface area (TPSA) is 75.8 Å². The Labute approximate surface area is 158 Å². The van der Waals surface area contributed by atoms with Gasteiger partial charge in [0.2, 0.25) is 0 Å². The van der Waals surface area contributed by atoms with E-state index in [-0.39, 0.29) is 13.2 Å². The SMILES string of the molecule is CCN(Cc1cc(C(=O)OCCO)cc(Br)c1N)C1CCCCCC1. The Hall–Kier alpha value is -1.11. The molecule has 0 bridgehead atoms. The van der Waals surface area contributed by atoms with E-state index < -0.39 is 5.97 Å². The van der Waals surface area contributed by atoms with Crippen molar-refractivity contribution in [1.29, 1.82) is 0 Å². The number of benzene rings is 1. The fourth-order valence-electron chi connectivity index (χ4n) is 3.49. The molecule has 5 nitrogen and oxygen atoms in total. The lowest BCUT2D eigenvalue weighted by Crippen LogP contribution is -2.34. The third-order valence-corrected chi connectivity index (χ3v) is 5.55. The molecule has 0 aromatic heterocycles. The summed E-state index contributed by atoms with van der Waals surface area (Å²) in [4.78, 5) is 14.6. The minimum atomic E-state index is -0.437. The van der Waals surface area contributed by atoms with Gasteiger partial charge in [0.15, 0.2) is 0 Å². The first kappa shape index (κ1) is 20.2. The molecule has 6 heteroatoms. The summed E-state index contributed by atoms with van der Waals surface area (Å²) in [7, 11) is 0. The fourth-order valence-corrected chi connectivity index (χ4v) is 3.99. The summed E-state index contributed by atoms with van der Waals surface area (Å²) >= 11 is 3.45. The van der Waals surface area contributed by atoms with Gasteiger partial charge < -0.3 is 15.6 Å². The van der Waals surface area contributed by atoms with E-state index in [1.54, 1.807) is 6.07 Å². The summed E-state index contributed by atoms with van der Waals surface area (Å²) < 4.78 is 5.73. The Morgan fingerprint density at radius 3 is 2.60 bits per heavy atom. The first-order valence-electron chi connectivity index (χ1n) is 9.16. The zero-order chi connectivity index (χ0) is 18.2. The van der Waals surface area contributed by atoms with Crippen molar-refractivity contribution >= 4 is 27.6 Å². The minimum Gasteiger partial charge on any atom is -0.460 e. The highest BCUT2D eigenvalue weighted by molar-refractivity contribution is 9.10. The number of ether oxygens (including phenoxy) is 1. The molecule has 1 fully saturated rings. The van der Waals surface area contributed by atoms with Crippen LogP contribution < -0.4 is 5.73 Å². The van der Waals surface area contributed by atoms with Crippen LogP contribution in [0.2, 0.25) is 0 Å². The molecule has 1 aliphatic rings. The summed E-state index contributed by atoms with van der Waals surface area (Å²) in [5, 5.41) is 8.82. The first-order chi connectivity index (χ1) is 12.1. The van der Waals surface area contributed by atoms with E-state index in [0.29, 0.717) is 21.8 Å². The van der Waals surface area contributed by atoms with Crippen molar-refractivity contribution in [2.75, 3.05) is 25.5 Å². The van der Waals surface area contributed by atoms with Crippen LogP contribution >= 0.6 is 15.9 Å². The van der Waals surface area contributed by atoms with Crippen molar-refractivity contribution in [1.82, 2.24) is 4.90 Å². The predicted molar refractivity (Wildman–Crippen MR) is 103 cm³/mol. The number of rotatable bonds is 7. The van der Waals surface area contributed by atoms with Crippen molar-refractivity contribution in [2.24, 2.45) is 0 Å². The number of hydrogen-bond donors (Lipinski definition) is 2. The van der Waals surface area contributed by atoms with E-state index >= 15 is 0 Å². The number of nitrogen functional groups attached to an aromatic ring is 1. The molecule has 0 heterocycles. The maximum absolute atomic E-state index is 12.1. The van der Waals surface area contributed by atoms with E-state index in [1.807, 2.05) is 6.07 Å². The molecule has 1 aromatic carbocycles. The summed E-state index contributed by atoms with van der Waals surface area (Å²) in [6.45, 7) is 3.68. The molecule has 1 saturated carbocycles. The maximum atomic E-state index is 12.1. The molecular weight excluding hydrogens is 384 g/mol. The van der Waals surface area contributed by atoms with Gasteiger partial charge in [0, 0.05) is 17.1 Å². The van der Waals surface area contributed by atoms with Crippen molar-refractivity contribution in [3.8, 4) is 0 Å². The van der Waals surface area contributed by atoms with E-state index in [1.165, 1.54) is 38.5 Å². The minimum absolute atomic E-state index is 0.000673. The summed E-state index contributed by atoms with van der Waals surface area (Å²) in [5.41, 5.74) is 8.32. The van der Waals surface area contributed by atoms with E-state index in [0.717, 1.165) is 18.7 Å². The number of halogens is 1. The average molecular weight is 413 g/mol. The standard InChI is InChI=1S/C19H29BrN2O3/c1-2-22(16-7-5-3-4-6-8-16)13-15-11-14(12-17(20)18(15)21)19(24)25-10-9-23/h11-12,16,23H,2-10,13,21H2,1H3. The normalized spacial score (nSPS) is 16.0. The smallest absolute Gasteiger partial charge is 0.338 e. The molecular formula is C19H29BrN2O3. The first-order valence-corrected chi connectivity index (χ1v) is 9.96. The number of aliphatic hydroxyl groups is 1. The van der Waals surface area contributed by atoms with Crippen molar-refractivity contribution in [2.45, 2.75) is 58.0 Å². The largest absolute Gasteiger partial charge is 0.460 e. The molecule has 140 valence electrons. The van der Waals surface area contributed by atoms with Crippen molar-refractivity contribution < 1.29 is 14.6 Å². The van der Waals surface area contributed by atoms with Crippen LogP contribution in [0.1, 0.15) is 61.4 Å². The molecule has 0 aliphatic heterocycles. The summed E-state index contributed by atoms with van der Waals surface area (Å²) in [6, 6.07) is 4.08. The quantitative estimate of drug-likeness (QED) is 0.405. The van der Waals surface area contributed by atoms with Gasteiger partial charge in [-0.15, -0.1) is 0 Å². The van der Waals surface area contributed by atoms with Gasteiger partial charge in [-0.2, -0.15) is 0 Å². The number of carbonyl (C=O) groups excluding carboxylic acids is 1. The number of hydrogen-bond acceptors (Lipinski definition) is 5. The predicted octanol–water partition coefficient (Wildman–Crippen LogP) is 3.73. The van der Waals surface area contributed by atoms with Crippen LogP contribution in [0, 0.1) is 0 Å². The molecule has 25 heavy (non-hydrogen) atoms. The molecule has 1 aliphatic carbocycles. The zero-order valence-electron chi connectivity index (χ0n) is 15.0. The maximum Gasteiger partial charge on any atom is 0.338 e. The van der Waals surface area contributed by atoms with Crippen LogP contribution in [0.4, 0.5) is 5.69 Å². The number of nitrogens with zero attached hydrogens (tertiary/aromatic N) is 1. The van der Waals surface area contributed by atoms with Gasteiger partial charge in [0.25, 0.3) is 0 Å². The lowest BCUT2D eigenvalue weighted by molar-refractivity contribution is 0.0433. The highest BCUT2D eigenvalue weighted by Gasteiger charge is 2.21. The van der Waals surface area contributed by atoms with Crippen LogP contribution in [-0.2, 0) is 11.3 Å². The second kappa shape index (κ2) is 10.1. The highest BCUT2D eigenvalue weighted by Crippen LogP contribution is 2.29. The lowest BCUT2D eigenvalue weighted by Gasteiger charge is -2.30. The Bertz CT molecular complexity index is 572. The molecule has 3 N–H and O–H groups in total. The Morgan fingerprint density at radius 2 is 2.00 bits per heavy atom. The molecule has 0 atom stereocenters. The lowest BCUT2D eigenvalue weighted by atomic mass is 10.0. The molecule has 0 radical (unpaired) electrons. The third kappa shape index (κ3) is 5.69. The van der Waals surface area contributed by atoms with Crippen LogP contribution in [0.5, 0.6) is 0 Å². The van der Waals surface area contributed by atoms with Crippen LogP contribution in [0.15, 0.2) is 16.6 Å². The molecule has 0 amide bonds.